The molecule has 0 N–H and O–H groups in total. The van der Waals surface area contributed by atoms with Crippen molar-refractivity contribution in [2.75, 3.05) is 0 Å². The summed E-state index contributed by atoms with van der Waals surface area (Å²) in [6.45, 7) is 24.0. The summed E-state index contributed by atoms with van der Waals surface area (Å²) in [6.07, 6.45) is 3.91. The Morgan fingerprint density at radius 1 is 0.673 bits per heavy atom. The van der Waals surface area contributed by atoms with Crippen LogP contribution in [0.4, 0.5) is 0 Å². The van der Waals surface area contributed by atoms with Crippen LogP contribution < -0.4 is 0 Å². The van der Waals surface area contributed by atoms with E-state index in [0.29, 0.717) is 17.5 Å². The second-order valence-electron chi connectivity index (χ2n) is 15.4. The number of aromatic nitrogens is 3. The van der Waals surface area contributed by atoms with E-state index in [1.807, 2.05) is 24.5 Å². The molecule has 4 heterocycles. The molecular weight excluding hydrogens is 815 g/mol. The third kappa shape index (κ3) is 7.97. The second-order valence-corrected chi connectivity index (χ2v) is 15.4. The van der Waals surface area contributed by atoms with Gasteiger partial charge < -0.3 is 14.4 Å². The maximum absolute atomic E-state index is 6.46. The quantitative estimate of drug-likeness (QED) is 0.162. The van der Waals surface area contributed by atoms with Crippen molar-refractivity contribution in [1.29, 1.82) is 0 Å². The molecule has 7 aromatic rings. The van der Waals surface area contributed by atoms with E-state index in [9.17, 15) is 0 Å². The second kappa shape index (κ2) is 15.7. The normalized spacial score (nSPS) is 11.6. The number of aryl methyl sites for hydroxylation is 4. The van der Waals surface area contributed by atoms with Crippen LogP contribution in [0, 0.1) is 39.8 Å². The van der Waals surface area contributed by atoms with Crippen LogP contribution in [0.15, 0.2) is 89.6 Å². The average molecular weight is 864 g/mol. The van der Waals surface area contributed by atoms with Gasteiger partial charge in [-0.25, -0.2) is 4.98 Å². The molecule has 0 aliphatic rings. The molecular formula is C47H49IrN3O-2. The summed E-state index contributed by atoms with van der Waals surface area (Å²) < 4.78 is 6.46. The minimum atomic E-state index is 0. The van der Waals surface area contributed by atoms with E-state index in [2.05, 4.69) is 154 Å². The van der Waals surface area contributed by atoms with Gasteiger partial charge >= 0.3 is 0 Å². The molecule has 5 heteroatoms. The van der Waals surface area contributed by atoms with Crippen LogP contribution in [-0.2, 0) is 25.5 Å². The summed E-state index contributed by atoms with van der Waals surface area (Å²) in [6, 6.07) is 31.9. The Labute approximate surface area is 323 Å². The van der Waals surface area contributed by atoms with Gasteiger partial charge in [0.05, 0.1) is 11.3 Å². The molecule has 1 radical (unpaired) electrons. The Balaban J connectivity index is 0.000000274. The Morgan fingerprint density at radius 3 is 1.94 bits per heavy atom. The molecule has 0 aliphatic carbocycles. The van der Waals surface area contributed by atoms with Crippen LogP contribution in [0.1, 0.15) is 99.2 Å². The molecule has 0 saturated carbocycles. The monoisotopic (exact) mass is 864 g/mol. The molecule has 0 fully saturated rings. The largest absolute Gasteiger partial charge is 0.486 e. The Hall–Kier alpha value is -4.44. The minimum absolute atomic E-state index is 0. The van der Waals surface area contributed by atoms with Gasteiger partial charge in [-0.3, -0.25) is 0 Å². The predicted molar refractivity (Wildman–Crippen MR) is 213 cm³/mol. The first-order chi connectivity index (χ1) is 24.2. The molecule has 7 rings (SSSR count). The Morgan fingerprint density at radius 2 is 1.35 bits per heavy atom. The van der Waals surface area contributed by atoms with Gasteiger partial charge in [-0.05, 0) is 83.8 Å². The van der Waals surface area contributed by atoms with Crippen molar-refractivity contribution in [2.24, 2.45) is 0 Å². The third-order valence-electron chi connectivity index (χ3n) is 9.72. The van der Waals surface area contributed by atoms with E-state index in [1.54, 1.807) is 0 Å². The van der Waals surface area contributed by atoms with Gasteiger partial charge in [0.1, 0.15) is 0 Å². The molecule has 0 atom stereocenters. The number of hydrogen-bond acceptors (Lipinski definition) is 4. The van der Waals surface area contributed by atoms with Crippen LogP contribution in [-0.4, -0.2) is 15.0 Å². The van der Waals surface area contributed by atoms with Crippen LogP contribution in [0.25, 0.3) is 55.8 Å². The fourth-order valence-corrected chi connectivity index (χ4v) is 6.71. The van der Waals surface area contributed by atoms with Crippen molar-refractivity contribution in [2.45, 2.75) is 93.4 Å². The molecule has 0 unspecified atom stereocenters. The van der Waals surface area contributed by atoms with Crippen molar-refractivity contribution in [3.05, 3.63) is 136 Å². The van der Waals surface area contributed by atoms with Gasteiger partial charge in [-0.2, -0.15) is 0 Å². The number of furan rings is 1. The van der Waals surface area contributed by atoms with Crippen molar-refractivity contribution >= 4 is 22.1 Å². The van der Waals surface area contributed by atoms with E-state index in [0.717, 1.165) is 44.6 Å². The fraction of sp³-hybridized carbons (Fsp3) is 0.298. The van der Waals surface area contributed by atoms with Crippen molar-refractivity contribution < 1.29 is 24.5 Å². The van der Waals surface area contributed by atoms with E-state index >= 15 is 0 Å². The molecule has 4 aromatic heterocycles. The maximum Gasteiger partial charge on any atom is 0.216 e. The third-order valence-corrected chi connectivity index (χ3v) is 9.72. The molecule has 0 saturated heterocycles. The van der Waals surface area contributed by atoms with Gasteiger partial charge in [0, 0.05) is 43.4 Å². The first-order valence-electron chi connectivity index (χ1n) is 18.0. The van der Waals surface area contributed by atoms with Crippen LogP contribution in [0.5, 0.6) is 0 Å². The molecule has 4 nitrogen and oxygen atoms in total. The van der Waals surface area contributed by atoms with E-state index < -0.39 is 0 Å². The maximum atomic E-state index is 6.46. The smallest absolute Gasteiger partial charge is 0.216 e. The number of benzene rings is 3. The van der Waals surface area contributed by atoms with Crippen LogP contribution in [0.2, 0.25) is 0 Å². The summed E-state index contributed by atoms with van der Waals surface area (Å²) in [7, 11) is 0. The first kappa shape index (κ1) is 38.8. The standard InChI is InChI=1S/C33H35N2O.C14H14N.Ir/c1-19(2)22-11-9-12-23(20(3)4)30(22)28-16-15-25-24-13-10-14-26(31(24)36-32(25)35-28)29-17-21(5)27(18-34-29)33(6,7)8;1-10-4-6-13(7-5-10)14-8-11(2)12(3)9-15-14;/h9-13,15-20H,1-8H3;4-6,8-9H,1-3H3;/q2*-1;. The fourth-order valence-electron chi connectivity index (χ4n) is 6.71. The summed E-state index contributed by atoms with van der Waals surface area (Å²) in [5.41, 5.74) is 16.3. The average Bonchev–Trinajstić information content (AvgIpc) is 3.47. The van der Waals surface area contributed by atoms with Gasteiger partial charge in [0.25, 0.3) is 0 Å². The van der Waals surface area contributed by atoms with Gasteiger partial charge in [0.15, 0.2) is 0 Å². The molecule has 0 spiro atoms. The van der Waals surface area contributed by atoms with Crippen LogP contribution in [0.3, 0.4) is 0 Å². The van der Waals surface area contributed by atoms with E-state index in [-0.39, 0.29) is 25.5 Å². The Bertz CT molecular complexity index is 2320. The van der Waals surface area contributed by atoms with Crippen LogP contribution >= 0.6 is 0 Å². The SMILES string of the molecule is Cc1c[c-]c(-c2cc(C)c(C)cn2)cc1.Cc1cc(-c2[c-]ccc3c2oc2nc(-c4c(C(C)C)cccc4C(C)C)ccc23)ncc1C(C)(C)C.[Ir]. The van der Waals surface area contributed by atoms with Gasteiger partial charge in [-0.1, -0.05) is 108 Å². The summed E-state index contributed by atoms with van der Waals surface area (Å²) in [5.74, 6) is 0.803. The van der Waals surface area contributed by atoms with Gasteiger partial charge in [0.2, 0.25) is 5.71 Å². The zero-order valence-corrected chi connectivity index (χ0v) is 34.7. The van der Waals surface area contributed by atoms with Gasteiger partial charge in [-0.15, -0.1) is 53.6 Å². The molecule has 0 amide bonds. The molecule has 3 aromatic carbocycles. The Kier molecular flexibility index (Phi) is 11.7. The molecule has 269 valence electrons. The van der Waals surface area contributed by atoms with E-state index in [1.165, 1.54) is 44.5 Å². The number of nitrogens with zero attached hydrogens (tertiary/aromatic N) is 3. The van der Waals surface area contributed by atoms with Crippen molar-refractivity contribution in [3.8, 4) is 33.8 Å². The summed E-state index contributed by atoms with van der Waals surface area (Å²) >= 11 is 0. The zero-order valence-electron chi connectivity index (χ0n) is 32.3. The van der Waals surface area contributed by atoms with E-state index in [4.69, 9.17) is 14.4 Å². The predicted octanol–water partition coefficient (Wildman–Crippen LogP) is 12.8. The van der Waals surface area contributed by atoms with Crippen molar-refractivity contribution in [3.63, 3.8) is 0 Å². The number of hydrogen-bond donors (Lipinski definition) is 0. The molecule has 52 heavy (non-hydrogen) atoms. The first-order valence-corrected chi connectivity index (χ1v) is 18.0. The minimum Gasteiger partial charge on any atom is -0.486 e. The topological polar surface area (TPSA) is 51.8 Å². The summed E-state index contributed by atoms with van der Waals surface area (Å²) in [5, 5.41) is 2.05. The molecule has 0 aliphatic heterocycles. The molecule has 0 bridgehead atoms. The number of fused-ring (bicyclic) bond motifs is 3. The summed E-state index contributed by atoms with van der Waals surface area (Å²) in [4.78, 5) is 14.3. The number of rotatable bonds is 5. The number of pyridine rings is 3. The van der Waals surface area contributed by atoms with Crippen molar-refractivity contribution in [1.82, 2.24) is 15.0 Å². The zero-order chi connectivity index (χ0) is 36.6.